The van der Waals surface area contributed by atoms with Gasteiger partial charge in [0, 0.05) is 29.4 Å². The first-order chi connectivity index (χ1) is 12.7. The van der Waals surface area contributed by atoms with E-state index in [9.17, 15) is 5.26 Å². The molecule has 0 spiro atoms. The molecule has 3 aromatic rings. The molecule has 0 amide bonds. The van der Waals surface area contributed by atoms with Crippen LogP contribution in [0.2, 0.25) is 0 Å². The molecule has 6 heteroatoms. The normalized spacial score (nSPS) is 10.8. The molecule has 26 heavy (non-hydrogen) atoms. The van der Waals surface area contributed by atoms with Gasteiger partial charge >= 0.3 is 0 Å². The van der Waals surface area contributed by atoms with Gasteiger partial charge in [0.15, 0.2) is 0 Å². The van der Waals surface area contributed by atoms with Crippen molar-refractivity contribution >= 4 is 22.9 Å². The van der Waals surface area contributed by atoms with E-state index in [0.717, 1.165) is 39.4 Å². The van der Waals surface area contributed by atoms with Gasteiger partial charge in [0.25, 0.3) is 0 Å². The van der Waals surface area contributed by atoms with E-state index >= 15 is 0 Å². The second-order valence-electron chi connectivity index (χ2n) is 5.71. The molecule has 3 rings (SSSR count). The number of aliphatic hydroxyl groups excluding tert-OH is 1. The number of methoxy groups -OCH3 is 1. The van der Waals surface area contributed by atoms with E-state index in [4.69, 9.17) is 9.84 Å². The largest absolute Gasteiger partial charge is 0.497 e. The summed E-state index contributed by atoms with van der Waals surface area (Å²) in [7, 11) is 1.65. The third kappa shape index (κ3) is 3.42. The number of nitrogens with zero attached hydrogens (tertiary/aromatic N) is 2. The summed E-state index contributed by atoms with van der Waals surface area (Å²) in [6, 6.07) is 16.3. The Labute approximate surface area is 157 Å². The van der Waals surface area contributed by atoms with Crippen LogP contribution < -0.4 is 9.46 Å². The van der Waals surface area contributed by atoms with Crippen LogP contribution in [0.15, 0.2) is 47.4 Å². The summed E-state index contributed by atoms with van der Waals surface area (Å²) in [5.41, 5.74) is 3.62. The number of nitriles is 1. The lowest BCUT2D eigenvalue weighted by Gasteiger charge is -2.10. The number of hydrogen-bond donors (Lipinski definition) is 2. The number of aryl methyl sites for hydroxylation is 1. The number of fused-ring (bicyclic) bond motifs is 1. The Morgan fingerprint density at radius 3 is 2.62 bits per heavy atom. The molecule has 0 aliphatic rings. The van der Waals surface area contributed by atoms with Gasteiger partial charge in [-0.05, 0) is 48.7 Å². The lowest BCUT2D eigenvalue weighted by Crippen LogP contribution is -2.08. The molecule has 2 N–H and O–H groups in total. The highest BCUT2D eigenvalue weighted by atomic mass is 32.2. The fourth-order valence-electron chi connectivity index (χ4n) is 3.06. The molecule has 0 unspecified atom stereocenters. The topological polar surface area (TPSA) is 70.2 Å². The van der Waals surface area contributed by atoms with Gasteiger partial charge in [-0.15, -0.1) is 0 Å². The molecule has 5 nitrogen and oxygen atoms in total. The van der Waals surface area contributed by atoms with Crippen molar-refractivity contribution < 1.29 is 9.84 Å². The molecule has 0 fully saturated rings. The molecule has 1 aromatic heterocycles. The summed E-state index contributed by atoms with van der Waals surface area (Å²) in [6.07, 6.45) is 0. The van der Waals surface area contributed by atoms with Gasteiger partial charge in [0.2, 0.25) is 0 Å². The van der Waals surface area contributed by atoms with Crippen LogP contribution in [0.25, 0.3) is 22.2 Å². The van der Waals surface area contributed by atoms with Crippen LogP contribution in [-0.2, 0) is 6.54 Å². The minimum Gasteiger partial charge on any atom is -0.497 e. The molecule has 2 aromatic carbocycles. The van der Waals surface area contributed by atoms with Crippen LogP contribution in [0.4, 0.5) is 0 Å². The Hall–Kier alpha value is -2.46. The highest BCUT2D eigenvalue weighted by molar-refractivity contribution is 7.97. The van der Waals surface area contributed by atoms with E-state index < -0.39 is 0 Å². The van der Waals surface area contributed by atoms with Gasteiger partial charge in [0.1, 0.15) is 11.8 Å². The average molecular weight is 367 g/mol. The molecule has 0 saturated carbocycles. The lowest BCUT2D eigenvalue weighted by atomic mass is 10.1. The highest BCUT2D eigenvalue weighted by Gasteiger charge is 2.18. The fourth-order valence-corrected chi connectivity index (χ4v) is 3.69. The zero-order valence-corrected chi connectivity index (χ0v) is 15.6. The molecule has 0 radical (unpaired) electrons. The first kappa shape index (κ1) is 18.3. The van der Waals surface area contributed by atoms with Crippen LogP contribution in [0.1, 0.15) is 12.5 Å². The van der Waals surface area contributed by atoms with Crippen molar-refractivity contribution in [3.63, 3.8) is 0 Å². The first-order valence-corrected chi connectivity index (χ1v) is 9.26. The zero-order chi connectivity index (χ0) is 18.5. The van der Waals surface area contributed by atoms with Gasteiger partial charge < -0.3 is 14.4 Å². The summed E-state index contributed by atoms with van der Waals surface area (Å²) < 4.78 is 10.6. The van der Waals surface area contributed by atoms with Gasteiger partial charge in [-0.2, -0.15) is 5.26 Å². The number of nitrogens with one attached hydrogen (secondary N) is 1. The summed E-state index contributed by atoms with van der Waals surface area (Å²) >= 11 is 1.48. The molecule has 1 heterocycles. The summed E-state index contributed by atoms with van der Waals surface area (Å²) in [4.78, 5) is 1.06. The summed E-state index contributed by atoms with van der Waals surface area (Å²) in [5, 5.41) is 19.6. The smallest absolute Gasteiger partial charge is 0.120 e. The molecule has 0 atom stereocenters. The van der Waals surface area contributed by atoms with Crippen molar-refractivity contribution in [3.8, 4) is 23.1 Å². The number of aromatic nitrogens is 1. The van der Waals surface area contributed by atoms with Crippen molar-refractivity contribution in [3.05, 3.63) is 48.0 Å². The quantitative estimate of drug-likeness (QED) is 0.491. The van der Waals surface area contributed by atoms with Gasteiger partial charge in [-0.1, -0.05) is 12.1 Å². The third-order valence-electron chi connectivity index (χ3n) is 4.23. The van der Waals surface area contributed by atoms with Gasteiger partial charge in [-0.3, -0.25) is 4.72 Å². The average Bonchev–Trinajstić information content (AvgIpc) is 3.01. The number of aliphatic hydroxyl groups is 1. The fraction of sp³-hybridized carbons (Fsp3) is 0.250. The Balaban J connectivity index is 2.07. The van der Waals surface area contributed by atoms with Crippen molar-refractivity contribution in [2.45, 2.75) is 18.4 Å². The number of benzene rings is 2. The van der Waals surface area contributed by atoms with E-state index in [1.165, 1.54) is 11.9 Å². The Bertz CT molecular complexity index is 942. The van der Waals surface area contributed by atoms with E-state index in [1.54, 1.807) is 7.11 Å². The molecule has 0 aliphatic carbocycles. The molecular weight excluding hydrogens is 346 g/mol. The summed E-state index contributed by atoms with van der Waals surface area (Å²) in [5.74, 6) is 0.780. The van der Waals surface area contributed by atoms with E-state index in [1.807, 2.05) is 42.5 Å². The number of hydrogen-bond acceptors (Lipinski definition) is 5. The minimum atomic E-state index is 0.108. The van der Waals surface area contributed by atoms with Crippen LogP contribution >= 0.6 is 11.9 Å². The lowest BCUT2D eigenvalue weighted by molar-refractivity contribution is 0.302. The van der Waals surface area contributed by atoms with Crippen molar-refractivity contribution in [2.24, 2.45) is 0 Å². The summed E-state index contributed by atoms with van der Waals surface area (Å²) in [6.45, 7) is 3.48. The molecule has 134 valence electrons. The van der Waals surface area contributed by atoms with Crippen LogP contribution in [-0.4, -0.2) is 29.9 Å². The second-order valence-corrected chi connectivity index (χ2v) is 6.67. The molecule has 0 bridgehead atoms. The Morgan fingerprint density at radius 1 is 1.23 bits per heavy atom. The molecule has 0 aliphatic heterocycles. The predicted molar refractivity (Wildman–Crippen MR) is 105 cm³/mol. The van der Waals surface area contributed by atoms with E-state index in [0.29, 0.717) is 12.1 Å². The second kappa shape index (κ2) is 8.28. The standard InChI is InChI=1S/C20H21N3O2S/c1-3-23-19-12-15(25-2)6-9-17(19)18(13-21)20(23)14-4-7-16(8-5-14)26-22-10-11-24/h4-9,12,22,24H,3,10-11H2,1-2H3. The minimum absolute atomic E-state index is 0.108. The molecule has 0 saturated heterocycles. The van der Waals surface area contributed by atoms with Gasteiger partial charge in [0.05, 0.1) is 30.5 Å². The third-order valence-corrected chi connectivity index (χ3v) is 5.09. The van der Waals surface area contributed by atoms with E-state index in [-0.39, 0.29) is 6.61 Å². The van der Waals surface area contributed by atoms with Crippen molar-refractivity contribution in [1.82, 2.24) is 9.29 Å². The zero-order valence-electron chi connectivity index (χ0n) is 14.8. The number of ether oxygens (including phenoxy) is 1. The van der Waals surface area contributed by atoms with Crippen molar-refractivity contribution in [1.29, 1.82) is 5.26 Å². The monoisotopic (exact) mass is 367 g/mol. The van der Waals surface area contributed by atoms with Crippen LogP contribution in [0, 0.1) is 11.3 Å². The highest BCUT2D eigenvalue weighted by Crippen LogP contribution is 2.35. The predicted octanol–water partition coefficient (Wildman–Crippen LogP) is 3.80. The maximum Gasteiger partial charge on any atom is 0.120 e. The maximum absolute atomic E-state index is 9.78. The van der Waals surface area contributed by atoms with Crippen LogP contribution in [0.3, 0.4) is 0 Å². The van der Waals surface area contributed by atoms with E-state index in [2.05, 4.69) is 22.3 Å². The molecular formula is C20H21N3O2S. The van der Waals surface area contributed by atoms with Crippen molar-refractivity contribution in [2.75, 3.05) is 20.3 Å². The van der Waals surface area contributed by atoms with Gasteiger partial charge in [-0.25, -0.2) is 0 Å². The number of rotatable bonds is 7. The SMILES string of the molecule is CCn1c(-c2ccc(SNCCO)cc2)c(C#N)c2ccc(OC)cc21. The maximum atomic E-state index is 9.78. The van der Waals surface area contributed by atoms with Crippen LogP contribution in [0.5, 0.6) is 5.75 Å². The Morgan fingerprint density at radius 2 is 2.00 bits per heavy atom. The Kier molecular flexibility index (Phi) is 5.84. The first-order valence-electron chi connectivity index (χ1n) is 8.44.